The van der Waals surface area contributed by atoms with Gasteiger partial charge >= 0.3 is 0 Å². The van der Waals surface area contributed by atoms with Crippen LogP contribution < -0.4 is 4.72 Å². The summed E-state index contributed by atoms with van der Waals surface area (Å²) in [5.74, 6) is 0.398. The van der Waals surface area contributed by atoms with E-state index >= 15 is 0 Å². The summed E-state index contributed by atoms with van der Waals surface area (Å²) in [7, 11) is -1.91. The molecule has 0 amide bonds. The molecule has 8 heteroatoms. The summed E-state index contributed by atoms with van der Waals surface area (Å²) in [6.07, 6.45) is 1.49. The number of Topliss-reactive ketones (excluding diaryl/α,β-unsaturated/α-hetero) is 1. The monoisotopic (exact) mass is 294 g/mol. The van der Waals surface area contributed by atoms with Gasteiger partial charge in [0.15, 0.2) is 5.78 Å². The molecule has 0 aliphatic heterocycles. The number of nitrogens with zero attached hydrogens (tertiary/aromatic N) is 3. The van der Waals surface area contributed by atoms with Crippen molar-refractivity contribution < 1.29 is 13.2 Å². The van der Waals surface area contributed by atoms with Crippen LogP contribution in [0.3, 0.4) is 0 Å². The summed E-state index contributed by atoms with van der Waals surface area (Å²) < 4.78 is 28.2. The molecule has 2 aromatic rings. The molecule has 0 atom stereocenters. The molecule has 1 aromatic heterocycles. The number of hydrogen-bond acceptors (Lipinski definition) is 5. The van der Waals surface area contributed by atoms with Crippen LogP contribution in [0.2, 0.25) is 0 Å². The average molecular weight is 294 g/mol. The number of sulfonamides is 1. The molecular formula is C12H14N4O3S. The van der Waals surface area contributed by atoms with E-state index < -0.39 is 10.0 Å². The first-order chi connectivity index (χ1) is 9.40. The van der Waals surface area contributed by atoms with Crippen LogP contribution in [0, 0.1) is 0 Å². The maximum Gasteiger partial charge on any atom is 0.240 e. The van der Waals surface area contributed by atoms with Gasteiger partial charge in [0, 0.05) is 12.6 Å². The van der Waals surface area contributed by atoms with E-state index in [1.807, 2.05) is 0 Å². The van der Waals surface area contributed by atoms with Crippen LogP contribution in [-0.2, 0) is 23.6 Å². The summed E-state index contributed by atoms with van der Waals surface area (Å²) in [5, 5.41) is 7.46. The van der Waals surface area contributed by atoms with Crippen molar-refractivity contribution in [3.8, 4) is 0 Å². The van der Waals surface area contributed by atoms with Crippen LogP contribution in [0.15, 0.2) is 35.5 Å². The highest BCUT2D eigenvalue weighted by atomic mass is 32.2. The number of aromatic nitrogens is 3. The zero-order chi connectivity index (χ0) is 14.8. The molecule has 20 heavy (non-hydrogen) atoms. The lowest BCUT2D eigenvalue weighted by atomic mass is 10.2. The van der Waals surface area contributed by atoms with Gasteiger partial charge in [-0.15, -0.1) is 10.2 Å². The fraction of sp³-hybridized carbons (Fsp3) is 0.250. The molecule has 2 rings (SSSR count). The van der Waals surface area contributed by atoms with Gasteiger partial charge in [-0.2, -0.15) is 0 Å². The zero-order valence-electron chi connectivity index (χ0n) is 11.1. The third-order valence-electron chi connectivity index (χ3n) is 2.80. The molecule has 106 valence electrons. The normalized spacial score (nSPS) is 11.5. The lowest BCUT2D eigenvalue weighted by Crippen LogP contribution is -2.24. The molecule has 0 radical (unpaired) electrons. The predicted octanol–water partition coefficient (Wildman–Crippen LogP) is 0.496. The van der Waals surface area contributed by atoms with E-state index in [-0.39, 0.29) is 17.2 Å². The molecular weight excluding hydrogens is 280 g/mol. The maximum absolute atomic E-state index is 12.1. The van der Waals surface area contributed by atoms with Crippen molar-refractivity contribution in [2.24, 2.45) is 7.05 Å². The number of aryl methyl sites for hydroxylation is 1. The number of nitrogens with one attached hydrogen (secondary N) is 1. The Balaban J connectivity index is 2.14. The number of ketones is 1. The van der Waals surface area contributed by atoms with Gasteiger partial charge in [-0.3, -0.25) is 4.79 Å². The van der Waals surface area contributed by atoms with E-state index in [0.717, 1.165) is 0 Å². The second-order valence-electron chi connectivity index (χ2n) is 4.26. The van der Waals surface area contributed by atoms with Gasteiger partial charge in [-0.25, -0.2) is 13.1 Å². The summed E-state index contributed by atoms with van der Waals surface area (Å²) in [6, 6.07) is 5.77. The Kier molecular flexibility index (Phi) is 3.96. The van der Waals surface area contributed by atoms with E-state index in [2.05, 4.69) is 14.9 Å². The van der Waals surface area contributed by atoms with Crippen LogP contribution in [0.1, 0.15) is 23.1 Å². The molecule has 1 aromatic carbocycles. The Morgan fingerprint density at radius 1 is 1.30 bits per heavy atom. The van der Waals surface area contributed by atoms with Crippen molar-refractivity contribution in [1.29, 1.82) is 0 Å². The van der Waals surface area contributed by atoms with E-state index in [1.165, 1.54) is 37.5 Å². The first-order valence-corrected chi connectivity index (χ1v) is 7.32. The Hall–Kier alpha value is -2.06. The minimum atomic E-state index is -3.64. The Morgan fingerprint density at radius 2 is 1.95 bits per heavy atom. The second kappa shape index (κ2) is 5.51. The van der Waals surface area contributed by atoms with Gasteiger partial charge in [-0.05, 0) is 19.1 Å². The standard InChI is InChI=1S/C12H14N4O3S/c1-9(17)10-3-5-11(6-4-10)20(18,19)14-7-12-15-13-8-16(12)2/h3-6,8,14H,7H2,1-2H3. The Labute approximate surface area is 116 Å². The number of carbonyl (C=O) groups excluding carboxylic acids is 1. The molecule has 1 heterocycles. The fourth-order valence-electron chi connectivity index (χ4n) is 1.58. The fourth-order valence-corrected chi connectivity index (χ4v) is 2.56. The molecule has 0 aliphatic rings. The summed E-state index contributed by atoms with van der Waals surface area (Å²) in [5.41, 5.74) is 0.470. The largest absolute Gasteiger partial charge is 0.320 e. The SMILES string of the molecule is CC(=O)c1ccc(S(=O)(=O)NCc2nncn2C)cc1. The highest BCUT2D eigenvalue weighted by Gasteiger charge is 2.15. The van der Waals surface area contributed by atoms with Gasteiger partial charge in [0.1, 0.15) is 12.2 Å². The summed E-state index contributed by atoms with van der Waals surface area (Å²) >= 11 is 0. The summed E-state index contributed by atoms with van der Waals surface area (Å²) in [6.45, 7) is 1.48. The van der Waals surface area contributed by atoms with Crippen LogP contribution in [0.5, 0.6) is 0 Å². The smallest absolute Gasteiger partial charge is 0.240 e. The minimum Gasteiger partial charge on any atom is -0.320 e. The highest BCUT2D eigenvalue weighted by Crippen LogP contribution is 2.11. The van der Waals surface area contributed by atoms with Gasteiger partial charge in [-0.1, -0.05) is 12.1 Å². The zero-order valence-corrected chi connectivity index (χ0v) is 11.9. The second-order valence-corrected chi connectivity index (χ2v) is 6.03. The van der Waals surface area contributed by atoms with Crippen LogP contribution in [0.25, 0.3) is 0 Å². The Bertz CT molecular complexity index is 719. The van der Waals surface area contributed by atoms with Crippen molar-refractivity contribution in [1.82, 2.24) is 19.5 Å². The van der Waals surface area contributed by atoms with E-state index in [9.17, 15) is 13.2 Å². The Morgan fingerprint density at radius 3 is 2.45 bits per heavy atom. The third kappa shape index (κ3) is 3.09. The molecule has 0 unspecified atom stereocenters. The van der Waals surface area contributed by atoms with Crippen molar-refractivity contribution in [3.05, 3.63) is 42.0 Å². The molecule has 7 nitrogen and oxygen atoms in total. The molecule has 1 N–H and O–H groups in total. The van der Waals surface area contributed by atoms with Gasteiger partial charge in [0.05, 0.1) is 11.4 Å². The molecule has 0 bridgehead atoms. The molecule has 0 fully saturated rings. The number of benzene rings is 1. The minimum absolute atomic E-state index is 0.0489. The van der Waals surface area contributed by atoms with Crippen molar-refractivity contribution >= 4 is 15.8 Å². The lowest BCUT2D eigenvalue weighted by Gasteiger charge is -2.06. The molecule has 0 aliphatic carbocycles. The highest BCUT2D eigenvalue weighted by molar-refractivity contribution is 7.89. The average Bonchev–Trinajstić information content (AvgIpc) is 2.82. The van der Waals surface area contributed by atoms with E-state index in [1.54, 1.807) is 11.6 Å². The predicted molar refractivity (Wildman–Crippen MR) is 71.5 cm³/mol. The van der Waals surface area contributed by atoms with E-state index in [0.29, 0.717) is 11.4 Å². The van der Waals surface area contributed by atoms with Crippen LogP contribution in [-0.4, -0.2) is 29.0 Å². The van der Waals surface area contributed by atoms with Crippen LogP contribution >= 0.6 is 0 Å². The van der Waals surface area contributed by atoms with Gasteiger partial charge in [0.2, 0.25) is 10.0 Å². The quantitative estimate of drug-likeness (QED) is 0.810. The van der Waals surface area contributed by atoms with Crippen molar-refractivity contribution in [2.45, 2.75) is 18.4 Å². The molecule has 0 saturated heterocycles. The number of hydrogen-bond donors (Lipinski definition) is 1. The molecule has 0 saturated carbocycles. The lowest BCUT2D eigenvalue weighted by molar-refractivity contribution is 0.101. The third-order valence-corrected chi connectivity index (χ3v) is 4.21. The van der Waals surface area contributed by atoms with E-state index in [4.69, 9.17) is 0 Å². The number of rotatable bonds is 5. The van der Waals surface area contributed by atoms with Crippen LogP contribution in [0.4, 0.5) is 0 Å². The van der Waals surface area contributed by atoms with Gasteiger partial charge < -0.3 is 4.57 Å². The first kappa shape index (κ1) is 14.4. The topological polar surface area (TPSA) is 93.9 Å². The first-order valence-electron chi connectivity index (χ1n) is 5.84. The van der Waals surface area contributed by atoms with Crippen molar-refractivity contribution in [3.63, 3.8) is 0 Å². The number of carbonyl (C=O) groups is 1. The molecule has 0 spiro atoms. The van der Waals surface area contributed by atoms with Gasteiger partial charge in [0.25, 0.3) is 0 Å². The maximum atomic E-state index is 12.1. The summed E-state index contributed by atoms with van der Waals surface area (Å²) in [4.78, 5) is 11.2. The van der Waals surface area contributed by atoms with Crippen molar-refractivity contribution in [2.75, 3.05) is 0 Å².